The maximum absolute atomic E-state index is 12.0. The molecule has 0 saturated heterocycles. The fraction of sp³-hybridized carbons (Fsp3) is 0.167. The fourth-order valence-corrected chi connectivity index (χ4v) is 2.56. The van der Waals surface area contributed by atoms with E-state index in [1.54, 1.807) is 25.4 Å². The first-order valence-corrected chi connectivity index (χ1v) is 9.39. The third-order valence-corrected chi connectivity index (χ3v) is 4.10. The predicted octanol–water partition coefficient (Wildman–Crippen LogP) is 5.03. The van der Waals surface area contributed by atoms with E-state index >= 15 is 0 Å². The van der Waals surface area contributed by atoms with E-state index in [1.165, 1.54) is 0 Å². The number of carbonyl (C=O) groups excluding carboxylic acids is 1. The van der Waals surface area contributed by atoms with Crippen LogP contribution in [0.4, 0.5) is 0 Å². The zero-order valence-corrected chi connectivity index (χ0v) is 16.3. The number of esters is 1. The van der Waals surface area contributed by atoms with Gasteiger partial charge in [-0.1, -0.05) is 24.3 Å². The monoisotopic (exact) mass is 389 g/mol. The summed E-state index contributed by atoms with van der Waals surface area (Å²) >= 11 is 0. The van der Waals surface area contributed by atoms with Crippen LogP contribution in [0.2, 0.25) is 0 Å². The van der Waals surface area contributed by atoms with Crippen molar-refractivity contribution in [3.8, 4) is 17.2 Å². The van der Waals surface area contributed by atoms with Gasteiger partial charge in [0.25, 0.3) is 0 Å². The van der Waals surface area contributed by atoms with Gasteiger partial charge in [-0.05, 0) is 66.6 Å². The van der Waals surface area contributed by atoms with Crippen LogP contribution in [0.1, 0.15) is 24.1 Å². The Balaban J connectivity index is 1.39. The maximum Gasteiger partial charge on any atom is 0.311 e. The van der Waals surface area contributed by atoms with Gasteiger partial charge in [-0.15, -0.1) is 0 Å². The fourth-order valence-electron chi connectivity index (χ4n) is 2.56. The Morgan fingerprint density at radius 3 is 2.31 bits per heavy atom. The van der Waals surface area contributed by atoms with E-state index in [0.717, 1.165) is 22.8 Å². The Labute approximate surface area is 170 Å². The minimum atomic E-state index is -0.278. The number of pyridine rings is 1. The molecule has 148 valence electrons. The van der Waals surface area contributed by atoms with Gasteiger partial charge in [0.05, 0.1) is 19.4 Å². The van der Waals surface area contributed by atoms with Crippen LogP contribution in [-0.4, -0.2) is 24.7 Å². The molecule has 0 fully saturated rings. The molecule has 0 unspecified atom stereocenters. The summed E-state index contributed by atoms with van der Waals surface area (Å²) in [7, 11) is 1.62. The highest BCUT2D eigenvalue weighted by Crippen LogP contribution is 2.18. The van der Waals surface area contributed by atoms with Crippen molar-refractivity contribution in [3.63, 3.8) is 0 Å². The van der Waals surface area contributed by atoms with Crippen LogP contribution in [0.3, 0.4) is 0 Å². The number of benzene rings is 2. The summed E-state index contributed by atoms with van der Waals surface area (Å²) in [5.41, 5.74) is 1.89. The molecule has 0 N–H and O–H groups in total. The summed E-state index contributed by atoms with van der Waals surface area (Å²) < 4.78 is 16.1. The Morgan fingerprint density at radius 1 is 0.897 bits per heavy atom. The minimum absolute atomic E-state index is 0.278. The highest BCUT2D eigenvalue weighted by atomic mass is 16.5. The lowest BCUT2D eigenvalue weighted by molar-refractivity contribution is -0.134. The molecule has 0 atom stereocenters. The average Bonchev–Trinajstić information content (AvgIpc) is 2.77. The van der Waals surface area contributed by atoms with Crippen molar-refractivity contribution in [2.75, 3.05) is 13.7 Å². The summed E-state index contributed by atoms with van der Waals surface area (Å²) in [6.07, 6.45) is 6.52. The second-order valence-corrected chi connectivity index (χ2v) is 6.26. The molecule has 29 heavy (non-hydrogen) atoms. The van der Waals surface area contributed by atoms with Crippen LogP contribution < -0.4 is 14.2 Å². The van der Waals surface area contributed by atoms with Crippen molar-refractivity contribution in [1.82, 2.24) is 4.98 Å². The minimum Gasteiger partial charge on any atom is -0.497 e. The van der Waals surface area contributed by atoms with Crippen molar-refractivity contribution in [2.24, 2.45) is 0 Å². The lowest BCUT2D eigenvalue weighted by Crippen LogP contribution is -2.09. The zero-order valence-electron chi connectivity index (χ0n) is 16.3. The zero-order chi connectivity index (χ0) is 20.3. The average molecular weight is 389 g/mol. The number of rotatable bonds is 9. The van der Waals surface area contributed by atoms with E-state index in [1.807, 2.05) is 66.7 Å². The maximum atomic E-state index is 12.0. The second kappa shape index (κ2) is 10.7. The van der Waals surface area contributed by atoms with Crippen LogP contribution in [0.25, 0.3) is 12.2 Å². The summed E-state index contributed by atoms with van der Waals surface area (Å²) in [5, 5.41) is 0. The number of carbonyl (C=O) groups is 1. The quantitative estimate of drug-likeness (QED) is 0.292. The molecule has 0 aliphatic heterocycles. The normalized spacial score (nSPS) is 10.7. The van der Waals surface area contributed by atoms with Crippen molar-refractivity contribution < 1.29 is 19.0 Å². The van der Waals surface area contributed by atoms with E-state index < -0.39 is 0 Å². The molecule has 1 aromatic heterocycles. The van der Waals surface area contributed by atoms with Crippen LogP contribution >= 0.6 is 0 Å². The lowest BCUT2D eigenvalue weighted by Gasteiger charge is -2.07. The third-order valence-electron chi connectivity index (χ3n) is 4.10. The van der Waals surface area contributed by atoms with Gasteiger partial charge in [-0.2, -0.15) is 0 Å². The van der Waals surface area contributed by atoms with E-state index in [-0.39, 0.29) is 12.4 Å². The first-order valence-electron chi connectivity index (χ1n) is 9.39. The molecule has 1 heterocycles. The Morgan fingerprint density at radius 2 is 1.62 bits per heavy atom. The molecule has 0 spiro atoms. The first kappa shape index (κ1) is 20.1. The number of nitrogens with zero attached hydrogens (tertiary/aromatic N) is 1. The van der Waals surface area contributed by atoms with Gasteiger partial charge in [0, 0.05) is 12.6 Å². The number of methoxy groups -OCH3 is 1. The number of ether oxygens (including phenoxy) is 3. The Kier molecular flexibility index (Phi) is 7.41. The van der Waals surface area contributed by atoms with Gasteiger partial charge >= 0.3 is 5.97 Å². The summed E-state index contributed by atoms with van der Waals surface area (Å²) in [6.45, 7) is 0.443. The Bertz CT molecular complexity index is 919. The van der Waals surface area contributed by atoms with Crippen molar-refractivity contribution in [3.05, 3.63) is 84.2 Å². The van der Waals surface area contributed by atoms with Gasteiger partial charge in [-0.3, -0.25) is 9.78 Å². The van der Waals surface area contributed by atoms with E-state index in [0.29, 0.717) is 18.8 Å². The van der Waals surface area contributed by atoms with Gasteiger partial charge in [0.1, 0.15) is 17.2 Å². The summed E-state index contributed by atoms with van der Waals surface area (Å²) in [5.74, 6) is 1.77. The van der Waals surface area contributed by atoms with Crippen molar-refractivity contribution >= 4 is 18.1 Å². The second-order valence-electron chi connectivity index (χ2n) is 6.26. The highest BCUT2D eigenvalue weighted by molar-refractivity contribution is 5.73. The summed E-state index contributed by atoms with van der Waals surface area (Å²) in [4.78, 5) is 16.2. The standard InChI is InChI=1S/C24H23NO4/c1-27-21-13-15-22(16-14-21)28-18-4-6-24(26)29-23-11-8-19(9-12-23)7-10-20-5-2-3-17-25-20/h2-3,5,7-17H,4,6,18H2,1H3/b10-7+. The predicted molar refractivity (Wildman–Crippen MR) is 113 cm³/mol. The topological polar surface area (TPSA) is 57.7 Å². The van der Waals surface area contributed by atoms with Crippen molar-refractivity contribution in [1.29, 1.82) is 0 Å². The first-order chi connectivity index (χ1) is 14.2. The SMILES string of the molecule is COc1ccc(OCCCC(=O)Oc2ccc(/C=C/c3ccccn3)cc2)cc1. The highest BCUT2D eigenvalue weighted by Gasteiger charge is 2.05. The van der Waals surface area contributed by atoms with Gasteiger partial charge in [-0.25, -0.2) is 0 Å². The molecule has 3 aromatic rings. The molecule has 2 aromatic carbocycles. The van der Waals surface area contributed by atoms with Gasteiger partial charge in [0.15, 0.2) is 0 Å². The third kappa shape index (κ3) is 6.81. The molecule has 5 nitrogen and oxygen atoms in total. The molecule has 0 saturated carbocycles. The van der Waals surface area contributed by atoms with Crippen LogP contribution in [0.15, 0.2) is 72.9 Å². The molecule has 0 aliphatic carbocycles. The number of hydrogen-bond acceptors (Lipinski definition) is 5. The van der Waals surface area contributed by atoms with Gasteiger partial charge in [0.2, 0.25) is 0 Å². The van der Waals surface area contributed by atoms with Crippen LogP contribution in [-0.2, 0) is 4.79 Å². The lowest BCUT2D eigenvalue weighted by atomic mass is 10.2. The molecule has 0 aliphatic rings. The molecular weight excluding hydrogens is 366 g/mol. The largest absolute Gasteiger partial charge is 0.497 e. The van der Waals surface area contributed by atoms with E-state index in [9.17, 15) is 4.79 Å². The molecule has 0 bridgehead atoms. The smallest absolute Gasteiger partial charge is 0.311 e. The van der Waals surface area contributed by atoms with Gasteiger partial charge < -0.3 is 14.2 Å². The van der Waals surface area contributed by atoms with Crippen molar-refractivity contribution in [2.45, 2.75) is 12.8 Å². The molecule has 5 heteroatoms. The molecule has 0 radical (unpaired) electrons. The molecule has 3 rings (SSSR count). The molecular formula is C24H23NO4. The Hall–Kier alpha value is -3.60. The van der Waals surface area contributed by atoms with Crippen LogP contribution in [0.5, 0.6) is 17.2 Å². The van der Waals surface area contributed by atoms with Crippen LogP contribution in [0, 0.1) is 0 Å². The summed E-state index contributed by atoms with van der Waals surface area (Å²) in [6, 6.07) is 20.4. The van der Waals surface area contributed by atoms with E-state index in [4.69, 9.17) is 14.2 Å². The number of hydrogen-bond donors (Lipinski definition) is 0. The number of aromatic nitrogens is 1. The van der Waals surface area contributed by atoms with E-state index in [2.05, 4.69) is 4.98 Å². The molecule has 0 amide bonds.